The van der Waals surface area contributed by atoms with E-state index in [1.807, 2.05) is 32.0 Å². The van der Waals surface area contributed by atoms with Gasteiger partial charge in [-0.3, -0.25) is 24.1 Å². The highest BCUT2D eigenvalue weighted by atomic mass is 16.2. The third-order valence-electron chi connectivity index (χ3n) is 6.09. The largest absolute Gasteiger partial charge is 0.356 e. The normalized spacial score (nSPS) is 22.9. The first-order valence-corrected chi connectivity index (χ1v) is 11.2. The molecule has 8 heteroatoms. The molecule has 0 saturated carbocycles. The van der Waals surface area contributed by atoms with Crippen LogP contribution in [0, 0.1) is 23.2 Å². The minimum atomic E-state index is -0.986. The van der Waals surface area contributed by atoms with E-state index in [2.05, 4.69) is 16.7 Å². The first kappa shape index (κ1) is 23.5. The molecule has 2 N–H and O–H groups in total. The topological polar surface area (TPSA) is 119 Å². The molecule has 0 aliphatic carbocycles. The van der Waals surface area contributed by atoms with E-state index in [9.17, 15) is 24.4 Å². The summed E-state index contributed by atoms with van der Waals surface area (Å²) in [6.07, 6.45) is 2.02. The van der Waals surface area contributed by atoms with Crippen molar-refractivity contribution in [2.45, 2.75) is 64.0 Å². The molecule has 3 rings (SSSR count). The van der Waals surface area contributed by atoms with Gasteiger partial charge in [-0.1, -0.05) is 44.2 Å². The van der Waals surface area contributed by atoms with E-state index < -0.39 is 23.9 Å². The Morgan fingerprint density at radius 1 is 1.25 bits per heavy atom. The molecule has 0 spiro atoms. The van der Waals surface area contributed by atoms with Crippen LogP contribution in [0.5, 0.6) is 0 Å². The zero-order valence-electron chi connectivity index (χ0n) is 18.5. The summed E-state index contributed by atoms with van der Waals surface area (Å²) in [6.45, 7) is 4.44. The summed E-state index contributed by atoms with van der Waals surface area (Å²) in [4.78, 5) is 52.3. The van der Waals surface area contributed by atoms with Gasteiger partial charge in [0.05, 0.1) is 12.0 Å². The number of nitrogens with one attached hydrogen (secondary N) is 2. The Balaban J connectivity index is 1.75. The Hall–Kier alpha value is -3.21. The second-order valence-electron chi connectivity index (χ2n) is 8.97. The van der Waals surface area contributed by atoms with Crippen LogP contribution < -0.4 is 10.6 Å². The minimum absolute atomic E-state index is 0.0225. The molecule has 4 atom stereocenters. The minimum Gasteiger partial charge on any atom is -0.356 e. The standard InChI is InChI=1S/C24H30N4O4/c1-15(2)11-20(23(31)27-18(14-25)12-17-9-6-10-26-22(17)30)28-21(29)13-19(24(28)32)16-7-4-3-5-8-16/h3-5,7-8,15,17-20H,6,9-13H2,1-2H3,(H,26,30)(H,27,31)/t17-,18-,19-,20-/m0/s1. The van der Waals surface area contributed by atoms with Crippen LogP contribution in [-0.4, -0.2) is 47.2 Å². The number of hydrogen-bond donors (Lipinski definition) is 2. The Labute approximate surface area is 188 Å². The number of hydrogen-bond acceptors (Lipinski definition) is 5. The van der Waals surface area contributed by atoms with Gasteiger partial charge in [-0.05, 0) is 37.2 Å². The average Bonchev–Trinajstić information content (AvgIpc) is 3.07. The Morgan fingerprint density at radius 3 is 2.59 bits per heavy atom. The second kappa shape index (κ2) is 10.4. The molecular weight excluding hydrogens is 408 g/mol. The molecule has 0 unspecified atom stereocenters. The number of carbonyl (C=O) groups excluding carboxylic acids is 4. The van der Waals surface area contributed by atoms with E-state index in [0.29, 0.717) is 19.4 Å². The van der Waals surface area contributed by atoms with Crippen LogP contribution in [0.2, 0.25) is 0 Å². The second-order valence-corrected chi connectivity index (χ2v) is 8.97. The number of amides is 4. The van der Waals surface area contributed by atoms with E-state index in [1.54, 1.807) is 12.1 Å². The maximum atomic E-state index is 13.2. The van der Waals surface area contributed by atoms with Crippen molar-refractivity contribution >= 4 is 23.6 Å². The summed E-state index contributed by atoms with van der Waals surface area (Å²) in [5, 5.41) is 15.0. The number of rotatable bonds is 8. The molecule has 0 aromatic heterocycles. The van der Waals surface area contributed by atoms with E-state index in [-0.39, 0.29) is 42.4 Å². The van der Waals surface area contributed by atoms with Crippen molar-refractivity contribution in [1.29, 1.82) is 5.26 Å². The number of imide groups is 1. The maximum Gasteiger partial charge on any atom is 0.244 e. The van der Waals surface area contributed by atoms with Crippen LogP contribution in [-0.2, 0) is 19.2 Å². The third-order valence-corrected chi connectivity index (χ3v) is 6.09. The van der Waals surface area contributed by atoms with Gasteiger partial charge in [0.2, 0.25) is 23.6 Å². The molecular formula is C24H30N4O4. The summed E-state index contributed by atoms with van der Waals surface area (Å²) in [5.41, 5.74) is 0.746. The number of carbonyl (C=O) groups is 4. The molecule has 170 valence electrons. The van der Waals surface area contributed by atoms with Gasteiger partial charge in [0, 0.05) is 18.9 Å². The Bertz CT molecular complexity index is 908. The number of likely N-dealkylation sites (tertiary alicyclic amines) is 1. The summed E-state index contributed by atoms with van der Waals surface area (Å²) in [7, 11) is 0. The molecule has 2 saturated heterocycles. The van der Waals surface area contributed by atoms with Crippen molar-refractivity contribution in [3.05, 3.63) is 35.9 Å². The number of piperidine rings is 1. The molecule has 0 radical (unpaired) electrons. The summed E-state index contributed by atoms with van der Waals surface area (Å²) in [5.74, 6) is -2.31. The SMILES string of the molecule is CC(C)C[C@@H](C(=O)N[C@H](C#N)C[C@@H]1CCCNC1=O)N1C(=O)C[C@@H](c2ccccc2)C1=O. The number of nitrogens with zero attached hydrogens (tertiary/aromatic N) is 2. The highest BCUT2D eigenvalue weighted by molar-refractivity contribution is 6.09. The van der Waals surface area contributed by atoms with E-state index in [1.165, 1.54) is 0 Å². The van der Waals surface area contributed by atoms with Gasteiger partial charge >= 0.3 is 0 Å². The monoisotopic (exact) mass is 438 g/mol. The molecule has 2 fully saturated rings. The average molecular weight is 439 g/mol. The van der Waals surface area contributed by atoms with Crippen LogP contribution in [0.1, 0.15) is 57.4 Å². The van der Waals surface area contributed by atoms with Crippen molar-refractivity contribution in [2.24, 2.45) is 11.8 Å². The van der Waals surface area contributed by atoms with E-state index >= 15 is 0 Å². The van der Waals surface area contributed by atoms with Crippen molar-refractivity contribution in [2.75, 3.05) is 6.54 Å². The molecule has 1 aromatic rings. The highest BCUT2D eigenvalue weighted by Crippen LogP contribution is 2.32. The van der Waals surface area contributed by atoms with Crippen LogP contribution in [0.3, 0.4) is 0 Å². The van der Waals surface area contributed by atoms with Gasteiger partial charge in [-0.2, -0.15) is 5.26 Å². The number of nitriles is 1. The summed E-state index contributed by atoms with van der Waals surface area (Å²) in [6, 6.07) is 9.27. The smallest absolute Gasteiger partial charge is 0.244 e. The van der Waals surface area contributed by atoms with Gasteiger partial charge in [-0.15, -0.1) is 0 Å². The van der Waals surface area contributed by atoms with Gasteiger partial charge in [0.1, 0.15) is 12.1 Å². The van der Waals surface area contributed by atoms with Crippen LogP contribution >= 0.6 is 0 Å². The fraction of sp³-hybridized carbons (Fsp3) is 0.542. The Morgan fingerprint density at radius 2 is 1.97 bits per heavy atom. The predicted octanol–water partition coefficient (Wildman–Crippen LogP) is 1.87. The van der Waals surface area contributed by atoms with Crippen LogP contribution in [0.4, 0.5) is 0 Å². The summed E-state index contributed by atoms with van der Waals surface area (Å²) >= 11 is 0. The summed E-state index contributed by atoms with van der Waals surface area (Å²) < 4.78 is 0. The van der Waals surface area contributed by atoms with Gasteiger partial charge in [0.15, 0.2) is 0 Å². The zero-order chi connectivity index (χ0) is 23.3. The van der Waals surface area contributed by atoms with Crippen LogP contribution in [0.15, 0.2) is 30.3 Å². The Kier molecular flexibility index (Phi) is 7.62. The molecule has 1 aromatic carbocycles. The van der Waals surface area contributed by atoms with Crippen molar-refractivity contribution in [3.8, 4) is 6.07 Å². The lowest BCUT2D eigenvalue weighted by molar-refractivity contribution is -0.147. The fourth-order valence-corrected chi connectivity index (χ4v) is 4.46. The maximum absolute atomic E-state index is 13.2. The van der Waals surface area contributed by atoms with Gasteiger partial charge < -0.3 is 10.6 Å². The predicted molar refractivity (Wildman–Crippen MR) is 117 cm³/mol. The van der Waals surface area contributed by atoms with E-state index in [0.717, 1.165) is 16.9 Å². The first-order valence-electron chi connectivity index (χ1n) is 11.2. The lowest BCUT2D eigenvalue weighted by Crippen LogP contribution is -2.53. The van der Waals surface area contributed by atoms with E-state index in [4.69, 9.17) is 0 Å². The number of benzene rings is 1. The molecule has 32 heavy (non-hydrogen) atoms. The lowest BCUT2D eigenvalue weighted by Gasteiger charge is -2.29. The molecule has 2 aliphatic rings. The van der Waals surface area contributed by atoms with Crippen molar-refractivity contribution in [1.82, 2.24) is 15.5 Å². The molecule has 2 aliphatic heterocycles. The van der Waals surface area contributed by atoms with Crippen molar-refractivity contribution < 1.29 is 19.2 Å². The third kappa shape index (κ3) is 5.34. The van der Waals surface area contributed by atoms with Crippen LogP contribution in [0.25, 0.3) is 0 Å². The van der Waals surface area contributed by atoms with Gasteiger partial charge in [0.25, 0.3) is 0 Å². The zero-order valence-corrected chi connectivity index (χ0v) is 18.5. The fourth-order valence-electron chi connectivity index (χ4n) is 4.46. The first-order chi connectivity index (χ1) is 15.3. The highest BCUT2D eigenvalue weighted by Gasteiger charge is 2.45. The molecule has 2 heterocycles. The molecule has 0 bridgehead atoms. The lowest BCUT2D eigenvalue weighted by atomic mass is 9.91. The van der Waals surface area contributed by atoms with Crippen molar-refractivity contribution in [3.63, 3.8) is 0 Å². The molecule has 8 nitrogen and oxygen atoms in total. The van der Waals surface area contributed by atoms with Gasteiger partial charge in [-0.25, -0.2) is 0 Å². The molecule has 4 amide bonds. The quantitative estimate of drug-likeness (QED) is 0.601.